The number of benzene rings is 1. The van der Waals surface area contributed by atoms with Crippen molar-refractivity contribution in [2.24, 2.45) is 5.92 Å². The molecule has 1 aromatic rings. The maximum atomic E-state index is 12.4. The van der Waals surface area contributed by atoms with E-state index in [9.17, 15) is 14.4 Å². The van der Waals surface area contributed by atoms with Crippen LogP contribution in [0.2, 0.25) is 0 Å². The molecule has 6 nitrogen and oxygen atoms in total. The summed E-state index contributed by atoms with van der Waals surface area (Å²) in [7, 11) is 1.31. The summed E-state index contributed by atoms with van der Waals surface area (Å²) in [6.07, 6.45) is 4.43. The molecule has 2 rings (SSSR count). The Morgan fingerprint density at radius 1 is 1.23 bits per heavy atom. The molecule has 1 aromatic carbocycles. The molecule has 1 saturated carbocycles. The lowest BCUT2D eigenvalue weighted by Gasteiger charge is -2.26. The van der Waals surface area contributed by atoms with Crippen LogP contribution in [0.5, 0.6) is 0 Å². The maximum Gasteiger partial charge on any atom is 0.384 e. The number of carbonyl (C=O) groups excluding carboxylic acids is 3. The SMILES string of the molecule is C=CC(=O)Nc1cccc(C(=O)NC2CCC(C#CC(=O)OC)CC2)c1. The van der Waals surface area contributed by atoms with Gasteiger partial charge in [-0.25, -0.2) is 4.79 Å². The molecule has 0 aliphatic heterocycles. The number of hydrogen-bond acceptors (Lipinski definition) is 4. The van der Waals surface area contributed by atoms with Crippen LogP contribution in [0.4, 0.5) is 5.69 Å². The second kappa shape index (κ2) is 9.42. The van der Waals surface area contributed by atoms with E-state index in [1.54, 1.807) is 24.3 Å². The zero-order valence-electron chi connectivity index (χ0n) is 14.7. The smallest absolute Gasteiger partial charge is 0.384 e. The quantitative estimate of drug-likeness (QED) is 0.376. The van der Waals surface area contributed by atoms with Gasteiger partial charge in [-0.05, 0) is 50.0 Å². The summed E-state index contributed by atoms with van der Waals surface area (Å²) in [5.41, 5.74) is 1.03. The van der Waals surface area contributed by atoms with Crippen molar-refractivity contribution < 1.29 is 19.1 Å². The molecule has 0 saturated heterocycles. The molecule has 0 spiro atoms. The van der Waals surface area contributed by atoms with Gasteiger partial charge in [0.2, 0.25) is 5.91 Å². The topological polar surface area (TPSA) is 84.5 Å². The number of methoxy groups -OCH3 is 1. The summed E-state index contributed by atoms with van der Waals surface area (Å²) in [5, 5.41) is 5.65. The molecular formula is C20H22N2O4. The van der Waals surface area contributed by atoms with Crippen LogP contribution in [-0.4, -0.2) is 30.9 Å². The lowest BCUT2D eigenvalue weighted by Crippen LogP contribution is -2.37. The maximum absolute atomic E-state index is 12.4. The summed E-state index contributed by atoms with van der Waals surface area (Å²) in [6.45, 7) is 3.40. The number of carbonyl (C=O) groups is 3. The van der Waals surface area contributed by atoms with Crippen LogP contribution in [0, 0.1) is 17.8 Å². The molecule has 0 bridgehead atoms. The van der Waals surface area contributed by atoms with Crippen molar-refractivity contribution in [3.05, 3.63) is 42.5 Å². The van der Waals surface area contributed by atoms with Gasteiger partial charge < -0.3 is 15.4 Å². The molecule has 1 aliphatic rings. The van der Waals surface area contributed by atoms with Gasteiger partial charge in [-0.2, -0.15) is 0 Å². The summed E-state index contributed by atoms with van der Waals surface area (Å²) in [6, 6.07) is 6.83. The van der Waals surface area contributed by atoms with E-state index in [2.05, 4.69) is 33.8 Å². The number of esters is 1. The second-order valence-electron chi connectivity index (χ2n) is 6.06. The standard InChI is InChI=1S/C20H22N2O4/c1-3-18(23)21-17-6-4-5-15(13-17)20(25)22-16-10-7-14(8-11-16)9-12-19(24)26-2/h3-6,13-14,16H,1,7-8,10-11H2,2H3,(H,21,23)(H,22,25). The van der Waals surface area contributed by atoms with Gasteiger partial charge in [0, 0.05) is 29.1 Å². The minimum Gasteiger partial charge on any atom is -0.459 e. The van der Waals surface area contributed by atoms with Crippen molar-refractivity contribution in [1.29, 1.82) is 0 Å². The van der Waals surface area contributed by atoms with Gasteiger partial charge in [0.25, 0.3) is 5.91 Å². The average molecular weight is 354 g/mol. The number of hydrogen-bond donors (Lipinski definition) is 2. The summed E-state index contributed by atoms with van der Waals surface area (Å²) >= 11 is 0. The predicted molar refractivity (Wildman–Crippen MR) is 98.3 cm³/mol. The molecule has 2 amide bonds. The van der Waals surface area contributed by atoms with E-state index in [-0.39, 0.29) is 23.8 Å². The minimum atomic E-state index is -0.524. The number of anilines is 1. The Balaban J connectivity index is 1.88. The van der Waals surface area contributed by atoms with Crippen LogP contribution in [0.25, 0.3) is 0 Å². The summed E-state index contributed by atoms with van der Waals surface area (Å²) in [5.74, 6) is 4.52. The first-order valence-electron chi connectivity index (χ1n) is 8.45. The molecular weight excluding hydrogens is 332 g/mol. The third kappa shape index (κ3) is 5.78. The molecule has 1 fully saturated rings. The third-order valence-corrected chi connectivity index (χ3v) is 4.20. The van der Waals surface area contributed by atoms with Crippen molar-refractivity contribution in [3.8, 4) is 11.8 Å². The van der Waals surface area contributed by atoms with Gasteiger partial charge in [0.05, 0.1) is 7.11 Å². The van der Waals surface area contributed by atoms with E-state index >= 15 is 0 Å². The second-order valence-corrected chi connectivity index (χ2v) is 6.06. The van der Waals surface area contributed by atoms with Crippen molar-refractivity contribution >= 4 is 23.5 Å². The zero-order valence-corrected chi connectivity index (χ0v) is 14.7. The molecule has 0 atom stereocenters. The molecule has 26 heavy (non-hydrogen) atoms. The Bertz CT molecular complexity index is 753. The highest BCUT2D eigenvalue weighted by atomic mass is 16.5. The fourth-order valence-electron chi connectivity index (χ4n) is 2.79. The number of ether oxygens (including phenoxy) is 1. The zero-order chi connectivity index (χ0) is 18.9. The molecule has 0 radical (unpaired) electrons. The first-order chi connectivity index (χ1) is 12.5. The van der Waals surface area contributed by atoms with Crippen LogP contribution in [0.1, 0.15) is 36.0 Å². The molecule has 0 heterocycles. The normalized spacial score (nSPS) is 18.7. The van der Waals surface area contributed by atoms with Crippen LogP contribution in [0.3, 0.4) is 0 Å². The monoisotopic (exact) mass is 354 g/mol. The van der Waals surface area contributed by atoms with Gasteiger partial charge in [0.15, 0.2) is 0 Å². The van der Waals surface area contributed by atoms with Crippen LogP contribution < -0.4 is 10.6 Å². The Hall–Kier alpha value is -3.07. The average Bonchev–Trinajstić information content (AvgIpc) is 2.67. The van der Waals surface area contributed by atoms with Gasteiger partial charge in [-0.3, -0.25) is 9.59 Å². The van der Waals surface area contributed by atoms with Crippen molar-refractivity contribution in [2.75, 3.05) is 12.4 Å². The highest BCUT2D eigenvalue weighted by Gasteiger charge is 2.22. The van der Waals surface area contributed by atoms with Crippen LogP contribution in [0.15, 0.2) is 36.9 Å². The van der Waals surface area contributed by atoms with E-state index < -0.39 is 5.97 Å². The summed E-state index contributed by atoms with van der Waals surface area (Å²) in [4.78, 5) is 34.8. The van der Waals surface area contributed by atoms with Crippen LogP contribution >= 0.6 is 0 Å². The van der Waals surface area contributed by atoms with E-state index in [0.717, 1.165) is 25.7 Å². The number of nitrogens with one attached hydrogen (secondary N) is 2. The van der Waals surface area contributed by atoms with E-state index in [4.69, 9.17) is 0 Å². The lowest BCUT2D eigenvalue weighted by atomic mass is 9.86. The molecule has 0 unspecified atom stereocenters. The van der Waals surface area contributed by atoms with Crippen molar-refractivity contribution in [2.45, 2.75) is 31.7 Å². The van der Waals surface area contributed by atoms with Gasteiger partial charge in [-0.15, -0.1) is 0 Å². The van der Waals surface area contributed by atoms with Crippen molar-refractivity contribution in [3.63, 3.8) is 0 Å². The fraction of sp³-hybridized carbons (Fsp3) is 0.350. The van der Waals surface area contributed by atoms with Gasteiger partial charge in [0.1, 0.15) is 0 Å². The molecule has 0 aromatic heterocycles. The predicted octanol–water partition coefficient (Wildman–Crippen LogP) is 2.28. The van der Waals surface area contributed by atoms with E-state index in [0.29, 0.717) is 11.3 Å². The Morgan fingerprint density at radius 3 is 2.62 bits per heavy atom. The molecule has 1 aliphatic carbocycles. The largest absolute Gasteiger partial charge is 0.459 e. The first-order valence-corrected chi connectivity index (χ1v) is 8.45. The number of rotatable bonds is 4. The Labute approximate surface area is 153 Å². The van der Waals surface area contributed by atoms with Crippen molar-refractivity contribution in [1.82, 2.24) is 5.32 Å². The van der Waals surface area contributed by atoms with Gasteiger partial charge >= 0.3 is 5.97 Å². The molecule has 6 heteroatoms. The van der Waals surface area contributed by atoms with Crippen LogP contribution in [-0.2, 0) is 14.3 Å². The first kappa shape index (κ1) is 19.3. The molecule has 2 N–H and O–H groups in total. The Kier molecular flexibility index (Phi) is 6.98. The number of amides is 2. The third-order valence-electron chi connectivity index (χ3n) is 4.20. The minimum absolute atomic E-state index is 0.0742. The Morgan fingerprint density at radius 2 is 1.96 bits per heavy atom. The van der Waals surface area contributed by atoms with E-state index in [1.807, 2.05) is 0 Å². The fourth-order valence-corrected chi connectivity index (χ4v) is 2.79. The van der Waals surface area contributed by atoms with Gasteiger partial charge in [-0.1, -0.05) is 18.6 Å². The highest BCUT2D eigenvalue weighted by molar-refractivity contribution is 6.00. The lowest BCUT2D eigenvalue weighted by molar-refractivity contribution is -0.133. The van der Waals surface area contributed by atoms with E-state index in [1.165, 1.54) is 13.2 Å². The summed E-state index contributed by atoms with van der Waals surface area (Å²) < 4.78 is 4.50. The highest BCUT2D eigenvalue weighted by Crippen LogP contribution is 2.24. The molecule has 136 valence electrons.